The van der Waals surface area contributed by atoms with Crippen LogP contribution in [0.4, 0.5) is 32.0 Å². The third-order valence-corrected chi connectivity index (χ3v) is 5.53. The van der Waals surface area contributed by atoms with Gasteiger partial charge in [-0.3, -0.25) is 4.79 Å². The summed E-state index contributed by atoms with van der Waals surface area (Å²) in [6, 6.07) is 7.03. The smallest absolute Gasteiger partial charge is 0.470 e. The van der Waals surface area contributed by atoms with Crippen LogP contribution in [0.1, 0.15) is 60.1 Å². The Bertz CT molecular complexity index is 1240. The van der Waals surface area contributed by atoms with Crippen molar-refractivity contribution in [1.82, 2.24) is 20.1 Å². The molecule has 1 amide bonds. The summed E-state index contributed by atoms with van der Waals surface area (Å²) in [6.45, 7) is 2.05. The van der Waals surface area contributed by atoms with Gasteiger partial charge in [0.2, 0.25) is 0 Å². The van der Waals surface area contributed by atoms with Crippen LogP contribution in [-0.4, -0.2) is 39.6 Å². The fourth-order valence-corrected chi connectivity index (χ4v) is 3.60. The van der Waals surface area contributed by atoms with Crippen LogP contribution in [0.15, 0.2) is 34.7 Å². The van der Waals surface area contributed by atoms with Gasteiger partial charge < -0.3 is 19.8 Å². The number of nitrogen functional groups attached to an aromatic ring is 1. The van der Waals surface area contributed by atoms with E-state index in [1.54, 1.807) is 24.3 Å². The monoisotopic (exact) mass is 545 g/mol. The van der Waals surface area contributed by atoms with Crippen LogP contribution in [0.3, 0.4) is 0 Å². The number of benzene rings is 1. The van der Waals surface area contributed by atoms with Gasteiger partial charge in [-0.1, -0.05) is 38.3 Å². The maximum absolute atomic E-state index is 13.9. The van der Waals surface area contributed by atoms with Crippen molar-refractivity contribution in [3.8, 4) is 17.3 Å². The number of amides is 1. The molecule has 2 aromatic heterocycles. The highest BCUT2D eigenvalue weighted by Crippen LogP contribution is 2.37. The molecule has 0 saturated carbocycles. The van der Waals surface area contributed by atoms with Gasteiger partial charge in [-0.15, -0.1) is 10.2 Å². The average Bonchev–Trinajstić information content (AvgIpc) is 3.36. The summed E-state index contributed by atoms with van der Waals surface area (Å²) in [7, 11) is 1.47. The minimum absolute atomic E-state index is 0.0492. The summed E-state index contributed by atoms with van der Waals surface area (Å²) in [5, 5.41) is 6.06. The van der Waals surface area contributed by atoms with E-state index in [0.717, 1.165) is 19.3 Å². The molecule has 206 valence electrons. The second kappa shape index (κ2) is 11.7. The Labute approximate surface area is 213 Å². The van der Waals surface area contributed by atoms with Crippen molar-refractivity contribution in [3.63, 3.8) is 0 Å². The van der Waals surface area contributed by atoms with E-state index in [-0.39, 0.29) is 13.1 Å². The van der Waals surface area contributed by atoms with Gasteiger partial charge in [-0.25, -0.2) is 4.98 Å². The third kappa shape index (κ3) is 6.92. The van der Waals surface area contributed by atoms with Crippen molar-refractivity contribution in [2.75, 3.05) is 19.4 Å². The zero-order chi connectivity index (χ0) is 28.1. The number of halogens is 6. The quantitative estimate of drug-likeness (QED) is 0.247. The van der Waals surface area contributed by atoms with Crippen molar-refractivity contribution < 1.29 is 40.3 Å². The number of nitrogens with two attached hydrogens (primary N) is 1. The summed E-state index contributed by atoms with van der Waals surface area (Å²) < 4.78 is 90.2. The number of aromatic nitrogens is 3. The van der Waals surface area contributed by atoms with E-state index in [0.29, 0.717) is 23.8 Å². The predicted octanol–water partition coefficient (Wildman–Crippen LogP) is 5.98. The Balaban J connectivity index is 2.05. The molecule has 0 bridgehead atoms. The molecule has 0 aliphatic carbocycles. The van der Waals surface area contributed by atoms with Crippen molar-refractivity contribution in [2.24, 2.45) is 0 Å². The molecule has 1 aromatic carbocycles. The summed E-state index contributed by atoms with van der Waals surface area (Å²) in [5.41, 5.74) is 2.45. The highest BCUT2D eigenvalue weighted by molar-refractivity contribution is 5.95. The first-order chi connectivity index (χ1) is 17.8. The third-order valence-electron chi connectivity index (χ3n) is 5.53. The van der Waals surface area contributed by atoms with Crippen LogP contribution in [-0.2, 0) is 18.9 Å². The molecule has 0 aliphatic rings. The zero-order valence-electron chi connectivity index (χ0n) is 20.5. The van der Waals surface area contributed by atoms with Gasteiger partial charge in [-0.2, -0.15) is 26.3 Å². The molecular formula is C24H25F6N5O3. The zero-order valence-corrected chi connectivity index (χ0v) is 20.5. The van der Waals surface area contributed by atoms with Crippen LogP contribution in [0, 0.1) is 0 Å². The molecule has 8 nitrogen and oxygen atoms in total. The molecule has 0 atom stereocenters. The number of hydrogen-bond acceptors (Lipinski definition) is 7. The van der Waals surface area contributed by atoms with E-state index in [4.69, 9.17) is 10.5 Å². The molecule has 3 rings (SSSR count). The van der Waals surface area contributed by atoms with Crippen molar-refractivity contribution in [2.45, 2.75) is 51.5 Å². The van der Waals surface area contributed by atoms with Gasteiger partial charge in [0, 0.05) is 13.1 Å². The number of rotatable bonds is 10. The number of nitrogens with zero attached hydrogens (tertiary/aromatic N) is 4. The summed E-state index contributed by atoms with van der Waals surface area (Å²) in [6.07, 6.45) is -7.03. The predicted molar refractivity (Wildman–Crippen MR) is 124 cm³/mol. The molecule has 2 heterocycles. The molecule has 38 heavy (non-hydrogen) atoms. The summed E-state index contributed by atoms with van der Waals surface area (Å²) in [4.78, 5) is 18.4. The topological polar surface area (TPSA) is 107 Å². The Morgan fingerprint density at radius 2 is 1.71 bits per heavy atom. The van der Waals surface area contributed by atoms with Crippen molar-refractivity contribution in [1.29, 1.82) is 0 Å². The van der Waals surface area contributed by atoms with Gasteiger partial charge >= 0.3 is 18.2 Å². The van der Waals surface area contributed by atoms with Crippen LogP contribution in [0.25, 0.3) is 11.6 Å². The van der Waals surface area contributed by atoms with Crippen LogP contribution in [0.5, 0.6) is 5.75 Å². The fraction of sp³-hybridized carbons (Fsp3) is 0.417. The van der Waals surface area contributed by atoms with E-state index in [1.165, 1.54) is 12.0 Å². The lowest BCUT2D eigenvalue weighted by molar-refractivity contribution is -0.157. The van der Waals surface area contributed by atoms with Crippen molar-refractivity contribution >= 4 is 11.6 Å². The van der Waals surface area contributed by atoms with E-state index in [9.17, 15) is 31.1 Å². The molecule has 14 heteroatoms. The lowest BCUT2D eigenvalue weighted by Crippen LogP contribution is -2.34. The molecule has 0 spiro atoms. The normalized spacial score (nSPS) is 12.0. The Hall–Kier alpha value is -3.84. The Kier molecular flexibility index (Phi) is 8.84. The van der Waals surface area contributed by atoms with Gasteiger partial charge in [0.25, 0.3) is 11.8 Å². The molecule has 0 radical (unpaired) electrons. The number of hydrogen-bond donors (Lipinski definition) is 1. The van der Waals surface area contributed by atoms with Gasteiger partial charge in [-0.05, 0) is 30.2 Å². The lowest BCUT2D eigenvalue weighted by atomic mass is 10.1. The minimum atomic E-state index is -5.04. The molecule has 3 aromatic rings. The number of unbranched alkanes of at least 4 members (excludes halogenated alkanes) is 3. The maximum atomic E-state index is 13.9. The van der Waals surface area contributed by atoms with Crippen molar-refractivity contribution in [3.05, 3.63) is 53.0 Å². The van der Waals surface area contributed by atoms with Gasteiger partial charge in [0.05, 0.1) is 18.4 Å². The van der Waals surface area contributed by atoms with Crippen LogP contribution < -0.4 is 10.5 Å². The van der Waals surface area contributed by atoms with E-state index < -0.39 is 52.7 Å². The van der Waals surface area contributed by atoms with E-state index in [1.807, 2.05) is 6.92 Å². The number of carbonyl (C=O) groups excluding carboxylic acids is 1. The number of pyridine rings is 1. The minimum Gasteiger partial charge on any atom is -0.497 e. The standard InChI is InChI=1S/C24H25F6N5O3/c1-3-4-5-6-11-35(13-14-7-9-15(37-2)10-8-14)21(36)18-16(23(25,26)27)12-17(31)19(32-18)20-33-34-22(38-20)24(28,29)30/h7-10,12H,3-6,11,13,31H2,1-2H3. The summed E-state index contributed by atoms with van der Waals surface area (Å²) >= 11 is 0. The highest BCUT2D eigenvalue weighted by atomic mass is 19.4. The second-order valence-corrected chi connectivity index (χ2v) is 8.37. The fourth-order valence-electron chi connectivity index (χ4n) is 3.60. The maximum Gasteiger partial charge on any atom is 0.470 e. The molecule has 0 saturated heterocycles. The summed E-state index contributed by atoms with van der Waals surface area (Å²) in [5.74, 6) is -3.14. The molecule has 0 fully saturated rings. The number of carbonyl (C=O) groups is 1. The number of methoxy groups -OCH3 is 1. The first kappa shape index (κ1) is 28.7. The number of alkyl halides is 6. The molecule has 2 N–H and O–H groups in total. The molecular weight excluding hydrogens is 520 g/mol. The SMILES string of the molecule is CCCCCCN(Cc1ccc(OC)cc1)C(=O)c1nc(-c2nnc(C(F)(F)F)o2)c(N)cc1C(F)(F)F. The number of anilines is 1. The molecule has 0 aliphatic heterocycles. The molecule has 0 unspecified atom stereocenters. The largest absolute Gasteiger partial charge is 0.497 e. The lowest BCUT2D eigenvalue weighted by Gasteiger charge is -2.24. The Morgan fingerprint density at radius 1 is 1.03 bits per heavy atom. The first-order valence-corrected chi connectivity index (χ1v) is 11.6. The average molecular weight is 545 g/mol. The van der Waals surface area contributed by atoms with Crippen LogP contribution in [0.2, 0.25) is 0 Å². The van der Waals surface area contributed by atoms with E-state index in [2.05, 4.69) is 19.6 Å². The Morgan fingerprint density at radius 3 is 2.26 bits per heavy atom. The van der Waals surface area contributed by atoms with Crippen LogP contribution >= 0.6 is 0 Å². The van der Waals surface area contributed by atoms with E-state index >= 15 is 0 Å². The highest BCUT2D eigenvalue weighted by Gasteiger charge is 2.41. The van der Waals surface area contributed by atoms with Gasteiger partial charge in [0.1, 0.15) is 11.4 Å². The number of ether oxygens (including phenoxy) is 1. The van der Waals surface area contributed by atoms with Gasteiger partial charge in [0.15, 0.2) is 5.69 Å². The second-order valence-electron chi connectivity index (χ2n) is 8.37. The first-order valence-electron chi connectivity index (χ1n) is 11.6.